The number of hydrogen-bond donors (Lipinski definition) is 0. The van der Waals surface area contributed by atoms with Crippen molar-refractivity contribution in [3.8, 4) is 0 Å². The van der Waals surface area contributed by atoms with Crippen LogP contribution in [0.3, 0.4) is 0 Å². The summed E-state index contributed by atoms with van der Waals surface area (Å²) in [5.74, 6) is 0.0881. The van der Waals surface area contributed by atoms with Crippen molar-refractivity contribution in [2.45, 2.75) is 12.5 Å². The van der Waals surface area contributed by atoms with Gasteiger partial charge < -0.3 is 4.90 Å². The first-order valence-corrected chi connectivity index (χ1v) is 4.77. The Morgan fingerprint density at radius 3 is 2.71 bits per heavy atom. The van der Waals surface area contributed by atoms with Crippen LogP contribution < -0.4 is 0 Å². The van der Waals surface area contributed by atoms with Crippen molar-refractivity contribution in [1.29, 1.82) is 0 Å². The fourth-order valence-corrected chi connectivity index (χ4v) is 1.76. The van der Waals surface area contributed by atoms with Gasteiger partial charge in [-0.15, -0.1) is 0 Å². The van der Waals surface area contributed by atoms with Crippen molar-refractivity contribution >= 4 is 5.91 Å². The van der Waals surface area contributed by atoms with Gasteiger partial charge in [-0.25, -0.2) is 0 Å². The fraction of sp³-hybridized carbons (Fsp3) is 0.250. The molecule has 0 radical (unpaired) electrons. The van der Waals surface area contributed by atoms with Crippen LogP contribution >= 0.6 is 0 Å². The Kier molecular flexibility index (Phi) is 2.35. The van der Waals surface area contributed by atoms with Gasteiger partial charge in [-0.05, 0) is 18.1 Å². The number of rotatable bonds is 1. The number of likely N-dealkylation sites (N-methyl/N-ethyl adjacent to an activating group) is 1. The highest BCUT2D eigenvalue weighted by Gasteiger charge is 2.21. The minimum absolute atomic E-state index is 0.0881. The third kappa shape index (κ3) is 1.55. The van der Waals surface area contributed by atoms with Crippen LogP contribution in [0.1, 0.15) is 18.0 Å². The lowest BCUT2D eigenvalue weighted by atomic mass is 10.00. The first kappa shape index (κ1) is 9.00. The van der Waals surface area contributed by atoms with Crippen LogP contribution in [0.25, 0.3) is 0 Å². The molecule has 14 heavy (non-hydrogen) atoms. The highest BCUT2D eigenvalue weighted by molar-refractivity contribution is 5.88. The molecule has 2 rings (SSSR count). The number of carbonyl (C=O) groups excluding carboxylic acids is 1. The summed E-state index contributed by atoms with van der Waals surface area (Å²) >= 11 is 0. The quantitative estimate of drug-likeness (QED) is 0.659. The predicted molar refractivity (Wildman–Crippen MR) is 55.7 cm³/mol. The van der Waals surface area contributed by atoms with Gasteiger partial charge in [0.1, 0.15) is 0 Å². The average Bonchev–Trinajstić information content (AvgIpc) is 2.23. The molecule has 72 valence electrons. The summed E-state index contributed by atoms with van der Waals surface area (Å²) in [6.07, 6.45) is 4.49. The molecule has 1 heterocycles. The van der Waals surface area contributed by atoms with Crippen molar-refractivity contribution in [1.82, 2.24) is 4.90 Å². The van der Waals surface area contributed by atoms with E-state index in [1.807, 2.05) is 31.3 Å². The lowest BCUT2D eigenvalue weighted by molar-refractivity contribution is -0.127. The zero-order valence-corrected chi connectivity index (χ0v) is 8.18. The number of amides is 1. The van der Waals surface area contributed by atoms with Crippen LogP contribution in [-0.2, 0) is 4.79 Å². The molecule has 2 heteroatoms. The lowest BCUT2D eigenvalue weighted by Crippen LogP contribution is -2.31. The van der Waals surface area contributed by atoms with Gasteiger partial charge in [0.25, 0.3) is 0 Å². The molecule has 0 aliphatic carbocycles. The zero-order chi connectivity index (χ0) is 9.97. The topological polar surface area (TPSA) is 20.3 Å². The molecule has 0 saturated carbocycles. The van der Waals surface area contributed by atoms with Gasteiger partial charge in [0.15, 0.2) is 0 Å². The van der Waals surface area contributed by atoms with Crippen molar-refractivity contribution in [3.05, 3.63) is 48.0 Å². The summed E-state index contributed by atoms with van der Waals surface area (Å²) in [7, 11) is 1.85. The maximum absolute atomic E-state index is 11.4. The summed E-state index contributed by atoms with van der Waals surface area (Å²) in [4.78, 5) is 13.2. The first-order valence-electron chi connectivity index (χ1n) is 4.77. The van der Waals surface area contributed by atoms with E-state index in [1.54, 1.807) is 11.0 Å². The van der Waals surface area contributed by atoms with Crippen LogP contribution in [0, 0.1) is 0 Å². The van der Waals surface area contributed by atoms with Crippen molar-refractivity contribution in [2.24, 2.45) is 0 Å². The Labute approximate surface area is 83.8 Å². The molecule has 0 saturated heterocycles. The largest absolute Gasteiger partial charge is 0.335 e. The van der Waals surface area contributed by atoms with Gasteiger partial charge in [0, 0.05) is 7.05 Å². The Balaban J connectivity index is 2.28. The minimum atomic E-state index is 0.0881. The number of benzene rings is 1. The van der Waals surface area contributed by atoms with Gasteiger partial charge in [0.2, 0.25) is 5.91 Å². The van der Waals surface area contributed by atoms with E-state index in [1.165, 1.54) is 5.56 Å². The molecular weight excluding hydrogens is 174 g/mol. The van der Waals surface area contributed by atoms with Gasteiger partial charge in [-0.2, -0.15) is 0 Å². The van der Waals surface area contributed by atoms with Crippen LogP contribution in [-0.4, -0.2) is 17.9 Å². The molecule has 1 aromatic carbocycles. The van der Waals surface area contributed by atoms with E-state index in [9.17, 15) is 4.79 Å². The van der Waals surface area contributed by atoms with Gasteiger partial charge in [-0.3, -0.25) is 4.79 Å². The molecule has 1 unspecified atom stereocenters. The zero-order valence-electron chi connectivity index (χ0n) is 8.18. The second-order valence-corrected chi connectivity index (χ2v) is 3.51. The van der Waals surface area contributed by atoms with Gasteiger partial charge in [0.05, 0.1) is 6.04 Å². The Morgan fingerprint density at radius 2 is 2.00 bits per heavy atom. The molecule has 2 nitrogen and oxygen atoms in total. The molecule has 0 aromatic heterocycles. The smallest absolute Gasteiger partial charge is 0.246 e. The normalized spacial score (nSPS) is 21.4. The van der Waals surface area contributed by atoms with Gasteiger partial charge in [-0.1, -0.05) is 36.4 Å². The summed E-state index contributed by atoms with van der Waals surface area (Å²) < 4.78 is 0. The Hall–Kier alpha value is -1.57. The fourth-order valence-electron chi connectivity index (χ4n) is 1.76. The van der Waals surface area contributed by atoms with E-state index in [0.29, 0.717) is 0 Å². The molecule has 0 bridgehead atoms. The second-order valence-electron chi connectivity index (χ2n) is 3.51. The molecule has 1 atom stereocenters. The lowest BCUT2D eigenvalue weighted by Gasteiger charge is -2.29. The molecule has 0 fully saturated rings. The summed E-state index contributed by atoms with van der Waals surface area (Å²) in [6.45, 7) is 0. The number of nitrogens with zero attached hydrogens (tertiary/aromatic N) is 1. The second kappa shape index (κ2) is 3.66. The minimum Gasteiger partial charge on any atom is -0.335 e. The summed E-state index contributed by atoms with van der Waals surface area (Å²) in [5.41, 5.74) is 1.20. The van der Waals surface area contributed by atoms with Crippen LogP contribution in [0.5, 0.6) is 0 Å². The molecule has 1 aromatic rings. The Morgan fingerprint density at radius 1 is 1.29 bits per heavy atom. The summed E-state index contributed by atoms with van der Waals surface area (Å²) in [5, 5.41) is 0. The van der Waals surface area contributed by atoms with Crippen LogP contribution in [0.15, 0.2) is 42.5 Å². The Bertz CT molecular complexity index is 356. The van der Waals surface area contributed by atoms with Crippen molar-refractivity contribution in [2.75, 3.05) is 7.05 Å². The average molecular weight is 187 g/mol. The van der Waals surface area contributed by atoms with E-state index in [4.69, 9.17) is 0 Å². The molecule has 0 N–H and O–H groups in total. The van der Waals surface area contributed by atoms with E-state index in [0.717, 1.165) is 6.42 Å². The van der Waals surface area contributed by atoms with E-state index in [2.05, 4.69) is 12.1 Å². The molecule has 1 amide bonds. The predicted octanol–water partition coefficient (Wildman–Crippen LogP) is 2.15. The monoisotopic (exact) mass is 187 g/mol. The van der Waals surface area contributed by atoms with E-state index in [-0.39, 0.29) is 11.9 Å². The first-order chi connectivity index (χ1) is 6.79. The highest BCUT2D eigenvalue weighted by Crippen LogP contribution is 2.26. The number of hydrogen-bond acceptors (Lipinski definition) is 1. The maximum Gasteiger partial charge on any atom is 0.246 e. The molecular formula is C12H13NO. The van der Waals surface area contributed by atoms with Crippen LogP contribution in [0.2, 0.25) is 0 Å². The molecule has 1 aliphatic rings. The standard InChI is InChI=1S/C12H13NO/c1-13-11(8-5-9-12(13)14)10-6-3-2-4-7-10/h2-7,9,11H,8H2,1H3. The van der Waals surface area contributed by atoms with Crippen molar-refractivity contribution in [3.63, 3.8) is 0 Å². The summed E-state index contributed by atoms with van der Waals surface area (Å²) in [6, 6.07) is 10.3. The maximum atomic E-state index is 11.4. The van der Waals surface area contributed by atoms with E-state index >= 15 is 0 Å². The van der Waals surface area contributed by atoms with E-state index < -0.39 is 0 Å². The van der Waals surface area contributed by atoms with Crippen molar-refractivity contribution < 1.29 is 4.79 Å². The third-order valence-corrected chi connectivity index (χ3v) is 2.62. The SMILES string of the molecule is CN1C(=O)C=CCC1c1ccccc1. The third-order valence-electron chi connectivity index (χ3n) is 2.62. The highest BCUT2D eigenvalue weighted by atomic mass is 16.2. The van der Waals surface area contributed by atoms with Crippen LogP contribution in [0.4, 0.5) is 0 Å². The van der Waals surface area contributed by atoms with Gasteiger partial charge >= 0.3 is 0 Å². The molecule has 1 aliphatic heterocycles. The molecule has 0 spiro atoms. The number of carbonyl (C=O) groups is 1.